The molecule has 1 radical (unpaired) electrons. The predicted octanol–water partition coefficient (Wildman–Crippen LogP) is 11.6. The number of carbonyl (C=O) groups is 1. The van der Waals surface area contributed by atoms with Gasteiger partial charge >= 0.3 is 0 Å². The molecule has 4 nitrogen and oxygen atoms in total. The van der Waals surface area contributed by atoms with Gasteiger partial charge in [-0.1, -0.05) is 107 Å². The molecule has 2 heterocycles. The van der Waals surface area contributed by atoms with Gasteiger partial charge in [-0.2, -0.15) is 0 Å². The van der Waals surface area contributed by atoms with E-state index in [1.807, 2.05) is 39.0 Å². The molecule has 0 fully saturated rings. The van der Waals surface area contributed by atoms with E-state index in [-0.39, 0.29) is 43.5 Å². The van der Waals surface area contributed by atoms with Crippen LogP contribution in [0, 0.1) is 31.7 Å². The van der Waals surface area contributed by atoms with Crippen molar-refractivity contribution in [3.05, 3.63) is 77.3 Å². The first kappa shape index (κ1) is 39.7. The molecule has 5 aromatic rings. The van der Waals surface area contributed by atoms with Gasteiger partial charge in [-0.15, -0.1) is 40.5 Å². The van der Waals surface area contributed by atoms with E-state index >= 15 is 0 Å². The molecule has 0 unspecified atom stereocenters. The van der Waals surface area contributed by atoms with Crippen LogP contribution in [0.2, 0.25) is 19.6 Å². The summed E-state index contributed by atoms with van der Waals surface area (Å²) in [5.41, 5.74) is 7.09. The van der Waals surface area contributed by atoms with Crippen molar-refractivity contribution in [1.29, 1.82) is 0 Å². The fourth-order valence-corrected chi connectivity index (χ4v) is 8.65. The molecule has 1 N–H and O–H groups in total. The van der Waals surface area contributed by atoms with Crippen LogP contribution >= 0.6 is 11.3 Å². The van der Waals surface area contributed by atoms with Gasteiger partial charge < -0.3 is 5.11 Å². The zero-order valence-corrected chi connectivity index (χ0v) is 34.9. The van der Waals surface area contributed by atoms with Gasteiger partial charge in [0.2, 0.25) is 0 Å². The summed E-state index contributed by atoms with van der Waals surface area (Å²) in [5.74, 6) is 0.970. The van der Waals surface area contributed by atoms with Crippen molar-refractivity contribution in [2.45, 2.75) is 107 Å². The van der Waals surface area contributed by atoms with E-state index in [2.05, 4.69) is 94.8 Å². The molecule has 0 saturated carbocycles. The SMILES string of the molecule is CCC(CC)C(=O)/C=C(\O)C(CC)CC.Cc1cc2[c-]c(-c3ncnc4c3sc3cc([Si](C)(C)C)ccc34)cc(C(C)C)c2cc1C.[Ir]. The Hall–Kier alpha value is -2.70. The van der Waals surface area contributed by atoms with Crippen molar-refractivity contribution in [2.75, 3.05) is 0 Å². The zero-order chi connectivity index (χ0) is 34.6. The zero-order valence-electron chi connectivity index (χ0n) is 30.7. The molecule has 0 aliphatic heterocycles. The summed E-state index contributed by atoms with van der Waals surface area (Å²) in [7, 11) is -1.37. The summed E-state index contributed by atoms with van der Waals surface area (Å²) in [6.45, 7) is 24.2. The smallest absolute Gasteiger partial charge is 0.162 e. The first-order chi connectivity index (χ1) is 22.2. The Morgan fingerprint density at radius 1 is 0.896 bits per heavy atom. The molecule has 7 heteroatoms. The van der Waals surface area contributed by atoms with Crippen LogP contribution in [-0.4, -0.2) is 28.9 Å². The molecule has 0 aliphatic rings. The number of aliphatic hydroxyl groups excluding tert-OH is 1. The van der Waals surface area contributed by atoms with Crippen molar-refractivity contribution in [3.8, 4) is 11.3 Å². The molecule has 0 saturated heterocycles. The largest absolute Gasteiger partial charge is 0.512 e. The number of aromatic nitrogens is 2. The summed E-state index contributed by atoms with van der Waals surface area (Å²) < 4.78 is 2.46. The van der Waals surface area contributed by atoms with Crippen molar-refractivity contribution >= 4 is 61.5 Å². The summed E-state index contributed by atoms with van der Waals surface area (Å²) in [4.78, 5) is 21.2. The molecule has 0 atom stereocenters. The normalized spacial score (nSPS) is 12.2. The number of aliphatic hydroxyl groups is 1. The van der Waals surface area contributed by atoms with Gasteiger partial charge in [-0.25, -0.2) is 4.98 Å². The second-order valence-electron chi connectivity index (χ2n) is 14.2. The van der Waals surface area contributed by atoms with E-state index in [1.54, 1.807) is 6.33 Å². The average molecular weight is 858 g/mol. The van der Waals surface area contributed by atoms with Crippen molar-refractivity contribution in [2.24, 2.45) is 11.8 Å². The third-order valence-corrected chi connectivity index (χ3v) is 12.8. The maximum absolute atomic E-state index is 11.7. The molecule has 259 valence electrons. The number of aryl methyl sites for hydroxylation is 2. The number of rotatable bonds is 10. The quantitative estimate of drug-likeness (QED) is 0.0658. The number of ketones is 1. The van der Waals surface area contributed by atoms with Gasteiger partial charge in [0, 0.05) is 58.5 Å². The Morgan fingerprint density at radius 2 is 1.52 bits per heavy atom. The molecular weight excluding hydrogens is 805 g/mol. The van der Waals surface area contributed by atoms with Gasteiger partial charge in [-0.3, -0.25) is 9.78 Å². The molecule has 3 aromatic carbocycles. The third kappa shape index (κ3) is 8.71. The molecule has 5 rings (SSSR count). The Balaban J connectivity index is 0.000000334. The maximum Gasteiger partial charge on any atom is 0.162 e. The van der Waals surface area contributed by atoms with Crippen molar-refractivity contribution in [1.82, 2.24) is 9.97 Å². The standard InChI is InChI=1S/C28H29N2SSi.C13H24O2.Ir/c1-16(2)23-13-20(12-19-10-17(3)18(4)11-24(19)23)26-28-27(30-15-29-26)22-9-8-21(32(5,6)7)14-25(22)31-28;1-5-10(6-2)12(14)9-13(15)11(7-3)8-4;/h8-11,13-16H,1-7H3;9-11,14H,5-8H2,1-4H3;/q-1;;/b;12-9-;. The number of hydrogen-bond acceptors (Lipinski definition) is 5. The summed E-state index contributed by atoms with van der Waals surface area (Å²) in [6, 6.07) is 17.5. The van der Waals surface area contributed by atoms with Crippen LogP contribution in [0.1, 0.15) is 89.8 Å². The minimum Gasteiger partial charge on any atom is -0.512 e. The third-order valence-electron chi connectivity index (χ3n) is 9.59. The number of thiophene rings is 1. The van der Waals surface area contributed by atoms with Crippen LogP contribution in [-0.2, 0) is 24.9 Å². The molecule has 0 aliphatic carbocycles. The topological polar surface area (TPSA) is 63.1 Å². The predicted molar refractivity (Wildman–Crippen MR) is 207 cm³/mol. The summed E-state index contributed by atoms with van der Waals surface area (Å²) >= 11 is 1.82. The molecule has 48 heavy (non-hydrogen) atoms. The monoisotopic (exact) mass is 858 g/mol. The van der Waals surface area contributed by atoms with Crippen molar-refractivity contribution < 1.29 is 30.0 Å². The molecule has 0 spiro atoms. The van der Waals surface area contributed by atoms with Gasteiger partial charge in [0.05, 0.1) is 19.3 Å². The Kier molecular flexibility index (Phi) is 13.9. The van der Waals surface area contributed by atoms with Crippen LogP contribution in [0.5, 0.6) is 0 Å². The van der Waals surface area contributed by atoms with E-state index in [1.165, 1.54) is 48.8 Å². The minimum atomic E-state index is -1.37. The van der Waals surface area contributed by atoms with Gasteiger partial charge in [-0.05, 0) is 51.5 Å². The summed E-state index contributed by atoms with van der Waals surface area (Å²) in [6.07, 6.45) is 6.62. The Bertz CT molecular complexity index is 1910. The Labute approximate surface area is 306 Å². The van der Waals surface area contributed by atoms with Crippen LogP contribution in [0.3, 0.4) is 0 Å². The fourth-order valence-electron chi connectivity index (χ4n) is 6.19. The summed E-state index contributed by atoms with van der Waals surface area (Å²) in [5, 5.41) is 14.9. The molecule has 0 bridgehead atoms. The van der Waals surface area contributed by atoms with E-state index in [0.29, 0.717) is 5.92 Å². The first-order valence-corrected chi connectivity index (χ1v) is 21.6. The van der Waals surface area contributed by atoms with E-state index in [9.17, 15) is 9.90 Å². The molecular formula is C41H53IrN2O2SSi-. The van der Waals surface area contributed by atoms with E-state index < -0.39 is 8.07 Å². The minimum absolute atomic E-state index is 0. The number of allylic oxidation sites excluding steroid dienone is 2. The second kappa shape index (κ2) is 16.8. The van der Waals surface area contributed by atoms with Gasteiger partial charge in [0.15, 0.2) is 5.78 Å². The number of fused-ring (bicyclic) bond motifs is 4. The maximum atomic E-state index is 11.7. The number of benzene rings is 3. The number of carbonyl (C=O) groups excluding carboxylic acids is 1. The average Bonchev–Trinajstić information content (AvgIpc) is 3.40. The number of hydrogen-bond donors (Lipinski definition) is 1. The van der Waals surface area contributed by atoms with Gasteiger partial charge in [0.1, 0.15) is 6.33 Å². The van der Waals surface area contributed by atoms with Crippen LogP contribution in [0.15, 0.2) is 54.6 Å². The van der Waals surface area contributed by atoms with E-state index in [4.69, 9.17) is 4.98 Å². The Morgan fingerprint density at radius 3 is 2.10 bits per heavy atom. The number of nitrogens with zero attached hydrogens (tertiary/aromatic N) is 2. The van der Waals surface area contributed by atoms with Crippen LogP contribution < -0.4 is 5.19 Å². The molecule has 2 aromatic heterocycles. The second-order valence-corrected chi connectivity index (χ2v) is 20.4. The van der Waals surface area contributed by atoms with Crippen LogP contribution in [0.25, 0.3) is 42.3 Å². The molecule has 0 amide bonds. The van der Waals surface area contributed by atoms with Crippen LogP contribution in [0.4, 0.5) is 0 Å². The first-order valence-electron chi connectivity index (χ1n) is 17.3. The van der Waals surface area contributed by atoms with Gasteiger partial charge in [0.25, 0.3) is 0 Å². The fraction of sp³-hybridized carbons (Fsp3) is 0.439. The van der Waals surface area contributed by atoms with E-state index in [0.717, 1.165) is 47.2 Å². The van der Waals surface area contributed by atoms with Crippen molar-refractivity contribution in [3.63, 3.8) is 0 Å².